The molecule has 0 saturated heterocycles. The van der Waals surface area contributed by atoms with Crippen LogP contribution in [0.4, 0.5) is 22.4 Å². The number of amides is 2. The molecule has 0 spiro atoms. The maximum Gasteiger partial charge on any atom is 0.416 e. The van der Waals surface area contributed by atoms with Crippen LogP contribution in [0, 0.1) is 12.7 Å². The Morgan fingerprint density at radius 2 is 1.75 bits per heavy atom. The lowest BCUT2D eigenvalue weighted by Crippen LogP contribution is -2.54. The Balaban J connectivity index is 1.91. The number of pyridine rings is 1. The largest absolute Gasteiger partial charge is 0.416 e. The van der Waals surface area contributed by atoms with Gasteiger partial charge in [-0.3, -0.25) is 4.98 Å². The third kappa shape index (κ3) is 5.81. The van der Waals surface area contributed by atoms with Crippen molar-refractivity contribution in [1.29, 1.82) is 0 Å². The molecule has 0 bridgehead atoms. The minimum absolute atomic E-state index is 0.0349. The van der Waals surface area contributed by atoms with Gasteiger partial charge < -0.3 is 10.6 Å². The summed E-state index contributed by atoms with van der Waals surface area (Å²) in [4.78, 5) is 17.7. The van der Waals surface area contributed by atoms with Crippen LogP contribution in [0.1, 0.15) is 53.6 Å². The van der Waals surface area contributed by atoms with Crippen LogP contribution < -0.4 is 10.6 Å². The van der Waals surface area contributed by atoms with Crippen LogP contribution in [-0.4, -0.2) is 17.1 Å². The monoisotopic (exact) mass is 519 g/mol. The number of nitrogens with one attached hydrogen (secondary N) is 2. The Bertz CT molecular complexity index is 1230. The third-order valence-corrected chi connectivity index (χ3v) is 6.84. The molecule has 1 aliphatic carbocycles. The second-order valence-corrected chi connectivity index (χ2v) is 9.61. The lowest BCUT2D eigenvalue weighted by atomic mass is 9.79. The fourth-order valence-corrected chi connectivity index (χ4v) is 4.84. The summed E-state index contributed by atoms with van der Waals surface area (Å²) < 4.78 is 55.8. The summed E-state index contributed by atoms with van der Waals surface area (Å²) in [6.07, 6.45) is 0.195. The molecule has 9 heteroatoms. The molecule has 1 saturated carbocycles. The number of urea groups is 1. The van der Waals surface area contributed by atoms with E-state index in [2.05, 4.69) is 15.6 Å². The Kier molecular flexibility index (Phi) is 7.54. The number of nitrogens with zero attached hydrogens (tertiary/aromatic N) is 1. The summed E-state index contributed by atoms with van der Waals surface area (Å²) in [6.45, 7) is 1.86. The molecule has 2 amide bonds. The van der Waals surface area contributed by atoms with Crippen molar-refractivity contribution in [3.05, 3.63) is 99.6 Å². The molecule has 1 heterocycles. The maximum absolute atomic E-state index is 14.7. The van der Waals surface area contributed by atoms with Crippen molar-refractivity contribution >= 4 is 17.6 Å². The molecule has 1 unspecified atom stereocenters. The van der Waals surface area contributed by atoms with Crippen LogP contribution in [0.15, 0.2) is 60.8 Å². The molecular weight excluding hydrogens is 494 g/mol. The molecule has 1 fully saturated rings. The highest BCUT2D eigenvalue weighted by atomic mass is 35.5. The summed E-state index contributed by atoms with van der Waals surface area (Å²) >= 11 is 6.05. The van der Waals surface area contributed by atoms with Crippen molar-refractivity contribution in [2.75, 3.05) is 0 Å². The number of hydrogen-bond donors (Lipinski definition) is 2. The van der Waals surface area contributed by atoms with Crippen LogP contribution >= 0.6 is 11.6 Å². The average Bonchev–Trinajstić information content (AvgIpc) is 3.32. The first-order valence-corrected chi connectivity index (χ1v) is 12.1. The highest BCUT2D eigenvalue weighted by molar-refractivity contribution is 6.30. The highest BCUT2D eigenvalue weighted by Gasteiger charge is 2.41. The van der Waals surface area contributed by atoms with Crippen LogP contribution in [-0.2, 0) is 18.1 Å². The Morgan fingerprint density at radius 3 is 2.39 bits per heavy atom. The van der Waals surface area contributed by atoms with E-state index in [9.17, 15) is 22.4 Å². The molecule has 4 rings (SSSR count). The van der Waals surface area contributed by atoms with Gasteiger partial charge in [-0.15, -0.1) is 0 Å². The molecular formula is C27H26ClF4N3O. The second kappa shape index (κ2) is 10.5. The molecule has 36 heavy (non-hydrogen) atoms. The number of rotatable bonds is 6. The van der Waals surface area contributed by atoms with E-state index in [1.165, 1.54) is 18.3 Å². The Morgan fingerprint density at radius 1 is 1.06 bits per heavy atom. The van der Waals surface area contributed by atoms with Gasteiger partial charge >= 0.3 is 12.2 Å². The predicted molar refractivity (Wildman–Crippen MR) is 130 cm³/mol. The summed E-state index contributed by atoms with van der Waals surface area (Å²) in [5.41, 5.74) is -1.00. The topological polar surface area (TPSA) is 54.0 Å². The molecule has 1 aliphatic rings. The average molecular weight is 520 g/mol. The second-order valence-electron chi connectivity index (χ2n) is 9.18. The van der Waals surface area contributed by atoms with Crippen molar-refractivity contribution in [3.8, 4) is 0 Å². The van der Waals surface area contributed by atoms with Gasteiger partial charge in [-0.2, -0.15) is 13.2 Å². The third-order valence-electron chi connectivity index (χ3n) is 6.62. The van der Waals surface area contributed by atoms with Gasteiger partial charge in [-0.05, 0) is 66.8 Å². The molecule has 0 aliphatic heterocycles. The first kappa shape index (κ1) is 25.9. The number of halogens is 5. The molecule has 190 valence electrons. The first-order valence-electron chi connectivity index (χ1n) is 11.7. The number of hydrogen-bond acceptors (Lipinski definition) is 2. The number of carbonyl (C=O) groups excluding carboxylic acids is 1. The van der Waals surface area contributed by atoms with Crippen molar-refractivity contribution < 1.29 is 22.4 Å². The van der Waals surface area contributed by atoms with E-state index in [1.54, 1.807) is 6.07 Å². The van der Waals surface area contributed by atoms with Crippen molar-refractivity contribution in [2.24, 2.45) is 0 Å². The van der Waals surface area contributed by atoms with Gasteiger partial charge in [0.15, 0.2) is 0 Å². The van der Waals surface area contributed by atoms with Gasteiger partial charge in [0.2, 0.25) is 0 Å². The normalized spacial score (nSPS) is 15.9. The number of benzene rings is 2. The van der Waals surface area contributed by atoms with Crippen LogP contribution in [0.3, 0.4) is 0 Å². The van der Waals surface area contributed by atoms with Gasteiger partial charge in [-0.25, -0.2) is 9.18 Å². The Hall–Kier alpha value is -3.13. The maximum atomic E-state index is 14.7. The molecule has 1 aromatic heterocycles. The highest BCUT2D eigenvalue weighted by Crippen LogP contribution is 2.38. The zero-order valence-electron chi connectivity index (χ0n) is 19.6. The Labute approximate surface area is 212 Å². The lowest BCUT2D eigenvalue weighted by Gasteiger charge is -2.36. The van der Waals surface area contributed by atoms with Crippen LogP contribution in [0.5, 0.6) is 0 Å². The van der Waals surface area contributed by atoms with Gasteiger partial charge in [0, 0.05) is 18.7 Å². The molecule has 4 nitrogen and oxygen atoms in total. The number of aromatic nitrogens is 1. The number of alkyl halides is 3. The molecule has 1 atom stereocenters. The van der Waals surface area contributed by atoms with E-state index in [0.29, 0.717) is 11.1 Å². The van der Waals surface area contributed by atoms with E-state index < -0.39 is 29.1 Å². The van der Waals surface area contributed by atoms with Crippen molar-refractivity contribution in [2.45, 2.75) is 56.8 Å². The van der Waals surface area contributed by atoms with Crippen molar-refractivity contribution in [3.63, 3.8) is 0 Å². The zero-order chi connectivity index (χ0) is 25.9. The van der Waals surface area contributed by atoms with Gasteiger partial charge in [0.05, 0.1) is 16.3 Å². The molecule has 3 aromatic rings. The smallest absolute Gasteiger partial charge is 0.335 e. The summed E-state index contributed by atoms with van der Waals surface area (Å²) in [5, 5.41) is 6.14. The van der Waals surface area contributed by atoms with E-state index in [-0.39, 0.29) is 23.7 Å². The molecule has 0 radical (unpaired) electrons. The lowest BCUT2D eigenvalue weighted by molar-refractivity contribution is -0.137. The fraction of sp³-hybridized carbons (Fsp3) is 0.333. The quantitative estimate of drug-likeness (QED) is 0.347. The number of carbonyl (C=O) groups is 1. The van der Waals surface area contributed by atoms with Gasteiger partial charge in [-0.1, -0.05) is 48.7 Å². The van der Waals surface area contributed by atoms with Crippen LogP contribution in [0.2, 0.25) is 5.02 Å². The first-order chi connectivity index (χ1) is 17.1. The predicted octanol–water partition coefficient (Wildman–Crippen LogP) is 6.93. The summed E-state index contributed by atoms with van der Waals surface area (Å²) in [5.74, 6) is -1.07. The van der Waals surface area contributed by atoms with Crippen molar-refractivity contribution in [1.82, 2.24) is 15.6 Å². The number of aryl methyl sites for hydroxylation is 1. The standard InChI is InChI=1S/C27H26ClF4N3O/c1-17-6-2-3-7-18(17)15-26(24-11-10-21(28)16-33-24,35-25(36)34-23-8-4-5-9-23)19-12-20(27(30,31)32)14-22(29)13-19/h2-3,6-7,10-14,16,23H,4-5,8-9,15H2,1H3,(H2,34,35,36). The minimum Gasteiger partial charge on any atom is -0.335 e. The zero-order valence-corrected chi connectivity index (χ0v) is 20.4. The van der Waals surface area contributed by atoms with Gasteiger partial charge in [0.25, 0.3) is 0 Å². The summed E-state index contributed by atoms with van der Waals surface area (Å²) in [7, 11) is 0. The fourth-order valence-electron chi connectivity index (χ4n) is 4.73. The van der Waals surface area contributed by atoms with Gasteiger partial charge in [0.1, 0.15) is 11.4 Å². The van der Waals surface area contributed by atoms with E-state index in [4.69, 9.17) is 11.6 Å². The van der Waals surface area contributed by atoms with E-state index in [1.807, 2.05) is 25.1 Å². The SMILES string of the molecule is Cc1ccccc1CC(NC(=O)NC1CCCC1)(c1cc(F)cc(C(F)(F)F)c1)c1ccc(Cl)cn1. The van der Waals surface area contributed by atoms with E-state index in [0.717, 1.165) is 48.9 Å². The summed E-state index contributed by atoms with van der Waals surface area (Å²) in [6, 6.07) is 12.1. The van der Waals surface area contributed by atoms with Crippen LogP contribution in [0.25, 0.3) is 0 Å². The molecule has 2 aromatic carbocycles. The molecule has 2 N–H and O–H groups in total. The minimum atomic E-state index is -4.79. The van der Waals surface area contributed by atoms with E-state index >= 15 is 0 Å².